The fourth-order valence-electron chi connectivity index (χ4n) is 2.48. The molecule has 1 aromatic carbocycles. The van der Waals surface area contributed by atoms with Crippen LogP contribution in [0.5, 0.6) is 0 Å². The van der Waals surface area contributed by atoms with Crippen LogP contribution in [-0.2, 0) is 0 Å². The summed E-state index contributed by atoms with van der Waals surface area (Å²) in [4.78, 5) is 2.33. The SMILES string of the molecule is CC1CCCN(c2ccc(C(N)=S)c(Br)c2F)CC1. The third-order valence-corrected chi connectivity index (χ3v) is 4.68. The van der Waals surface area contributed by atoms with Gasteiger partial charge in [-0.25, -0.2) is 4.39 Å². The number of rotatable bonds is 2. The Hall–Kier alpha value is -0.680. The summed E-state index contributed by atoms with van der Waals surface area (Å²) >= 11 is 8.17. The van der Waals surface area contributed by atoms with Gasteiger partial charge in [-0.1, -0.05) is 19.1 Å². The van der Waals surface area contributed by atoms with Crippen molar-refractivity contribution in [2.24, 2.45) is 11.7 Å². The van der Waals surface area contributed by atoms with Gasteiger partial charge in [-0.05, 0) is 53.2 Å². The Morgan fingerprint density at radius 1 is 1.42 bits per heavy atom. The van der Waals surface area contributed by atoms with E-state index in [1.807, 2.05) is 0 Å². The lowest BCUT2D eigenvalue weighted by molar-refractivity contribution is 0.520. The molecule has 1 unspecified atom stereocenters. The molecule has 0 saturated carbocycles. The molecular weight excluding hydrogens is 327 g/mol. The van der Waals surface area contributed by atoms with Crippen LogP contribution in [0.4, 0.5) is 10.1 Å². The van der Waals surface area contributed by atoms with E-state index in [1.54, 1.807) is 12.1 Å². The molecule has 5 heteroatoms. The minimum Gasteiger partial charge on any atom is -0.389 e. The van der Waals surface area contributed by atoms with Gasteiger partial charge in [0, 0.05) is 18.7 Å². The molecule has 0 bridgehead atoms. The van der Waals surface area contributed by atoms with E-state index in [9.17, 15) is 4.39 Å². The maximum atomic E-state index is 14.4. The van der Waals surface area contributed by atoms with E-state index in [2.05, 4.69) is 27.8 Å². The second kappa shape index (κ2) is 6.18. The Balaban J connectivity index is 2.30. The van der Waals surface area contributed by atoms with Gasteiger partial charge in [0.05, 0.1) is 10.2 Å². The van der Waals surface area contributed by atoms with E-state index in [1.165, 1.54) is 6.42 Å². The predicted octanol–water partition coefficient (Wildman–Crippen LogP) is 3.85. The second-order valence-electron chi connectivity index (χ2n) is 5.15. The van der Waals surface area contributed by atoms with E-state index in [0.717, 1.165) is 25.9 Å². The normalized spacial score (nSPS) is 20.2. The third kappa shape index (κ3) is 3.26. The minimum absolute atomic E-state index is 0.210. The smallest absolute Gasteiger partial charge is 0.161 e. The number of halogens is 2. The number of nitrogens with two attached hydrogens (primary N) is 1. The number of thiocarbonyl (C=S) groups is 1. The van der Waals surface area contributed by atoms with E-state index < -0.39 is 0 Å². The molecule has 2 N–H and O–H groups in total. The molecule has 19 heavy (non-hydrogen) atoms. The summed E-state index contributed by atoms with van der Waals surface area (Å²) in [6.45, 7) is 4.06. The van der Waals surface area contributed by atoms with Gasteiger partial charge >= 0.3 is 0 Å². The first kappa shape index (κ1) is 14.7. The van der Waals surface area contributed by atoms with E-state index in [-0.39, 0.29) is 10.8 Å². The Bertz CT molecular complexity index is 493. The van der Waals surface area contributed by atoms with Gasteiger partial charge in [0.15, 0.2) is 5.82 Å². The standard InChI is InChI=1S/C14H18BrFN2S/c1-9-3-2-7-18(8-6-9)11-5-4-10(14(17)19)12(15)13(11)16/h4-5,9H,2-3,6-8H2,1H3,(H2,17,19). The molecule has 0 spiro atoms. The van der Waals surface area contributed by atoms with Crippen LogP contribution < -0.4 is 10.6 Å². The lowest BCUT2D eigenvalue weighted by Gasteiger charge is -2.24. The molecule has 0 amide bonds. The molecule has 0 radical (unpaired) electrons. The van der Waals surface area contributed by atoms with Gasteiger partial charge in [-0.3, -0.25) is 0 Å². The summed E-state index contributed by atoms with van der Waals surface area (Å²) in [7, 11) is 0. The molecule has 1 atom stereocenters. The first-order valence-electron chi connectivity index (χ1n) is 6.53. The number of benzene rings is 1. The van der Waals surface area contributed by atoms with Crippen molar-refractivity contribution in [2.75, 3.05) is 18.0 Å². The Morgan fingerprint density at radius 2 is 2.16 bits per heavy atom. The van der Waals surface area contributed by atoms with Gasteiger partial charge in [-0.2, -0.15) is 0 Å². The van der Waals surface area contributed by atoms with Crippen LogP contribution in [0.2, 0.25) is 0 Å². The van der Waals surface area contributed by atoms with Crippen molar-refractivity contribution < 1.29 is 4.39 Å². The fraction of sp³-hybridized carbons (Fsp3) is 0.500. The van der Waals surface area contributed by atoms with Crippen molar-refractivity contribution in [3.05, 3.63) is 28.0 Å². The highest BCUT2D eigenvalue weighted by Gasteiger charge is 2.20. The Morgan fingerprint density at radius 3 is 2.84 bits per heavy atom. The zero-order valence-corrected chi connectivity index (χ0v) is 13.4. The first-order valence-corrected chi connectivity index (χ1v) is 7.73. The van der Waals surface area contributed by atoms with Crippen molar-refractivity contribution >= 4 is 38.8 Å². The first-order chi connectivity index (χ1) is 9.00. The summed E-state index contributed by atoms with van der Waals surface area (Å²) in [5, 5.41) is 0. The molecule has 1 heterocycles. The van der Waals surface area contributed by atoms with Crippen molar-refractivity contribution in [1.29, 1.82) is 0 Å². The molecule has 1 aliphatic rings. The number of hydrogen-bond donors (Lipinski definition) is 1. The van der Waals surface area contributed by atoms with Crippen LogP contribution in [0.25, 0.3) is 0 Å². The second-order valence-corrected chi connectivity index (χ2v) is 6.38. The maximum Gasteiger partial charge on any atom is 0.161 e. The van der Waals surface area contributed by atoms with Crippen LogP contribution in [-0.4, -0.2) is 18.1 Å². The summed E-state index contributed by atoms with van der Waals surface area (Å²) in [5.41, 5.74) is 6.77. The topological polar surface area (TPSA) is 29.3 Å². The van der Waals surface area contributed by atoms with E-state index >= 15 is 0 Å². The van der Waals surface area contributed by atoms with Gasteiger partial charge in [0.1, 0.15) is 4.99 Å². The van der Waals surface area contributed by atoms with Crippen LogP contribution in [0.3, 0.4) is 0 Å². The van der Waals surface area contributed by atoms with Crippen LogP contribution in [0.1, 0.15) is 31.7 Å². The Labute approximate surface area is 127 Å². The molecule has 1 fully saturated rings. The largest absolute Gasteiger partial charge is 0.389 e. The number of anilines is 1. The highest BCUT2D eigenvalue weighted by Crippen LogP contribution is 2.31. The highest BCUT2D eigenvalue weighted by atomic mass is 79.9. The quantitative estimate of drug-likeness (QED) is 0.826. The fourth-order valence-corrected chi connectivity index (χ4v) is 3.33. The third-order valence-electron chi connectivity index (χ3n) is 3.68. The average molecular weight is 345 g/mol. The molecule has 1 saturated heterocycles. The summed E-state index contributed by atoms with van der Waals surface area (Å²) in [5.74, 6) is 0.451. The number of hydrogen-bond acceptors (Lipinski definition) is 2. The van der Waals surface area contributed by atoms with Crippen molar-refractivity contribution in [3.63, 3.8) is 0 Å². The van der Waals surface area contributed by atoms with Gasteiger partial charge in [-0.15, -0.1) is 0 Å². The lowest BCUT2D eigenvalue weighted by atomic mass is 10.0. The molecule has 0 aliphatic carbocycles. The van der Waals surface area contributed by atoms with E-state index in [4.69, 9.17) is 18.0 Å². The Kier molecular flexibility index (Phi) is 4.79. The van der Waals surface area contributed by atoms with Crippen LogP contribution >= 0.6 is 28.1 Å². The minimum atomic E-state index is -0.264. The molecule has 1 aromatic rings. The van der Waals surface area contributed by atoms with Gasteiger partial charge in [0.2, 0.25) is 0 Å². The van der Waals surface area contributed by atoms with Crippen molar-refractivity contribution in [3.8, 4) is 0 Å². The molecular formula is C14H18BrFN2S. The summed E-state index contributed by atoms with van der Waals surface area (Å²) < 4.78 is 14.8. The zero-order chi connectivity index (χ0) is 14.0. The van der Waals surface area contributed by atoms with Crippen LogP contribution in [0.15, 0.2) is 16.6 Å². The maximum absolute atomic E-state index is 14.4. The van der Waals surface area contributed by atoms with Gasteiger partial charge < -0.3 is 10.6 Å². The molecule has 2 nitrogen and oxygen atoms in total. The van der Waals surface area contributed by atoms with Gasteiger partial charge in [0.25, 0.3) is 0 Å². The van der Waals surface area contributed by atoms with Crippen molar-refractivity contribution in [2.45, 2.75) is 26.2 Å². The molecule has 2 rings (SSSR count). The van der Waals surface area contributed by atoms with Crippen LogP contribution in [0, 0.1) is 11.7 Å². The highest BCUT2D eigenvalue weighted by molar-refractivity contribution is 9.10. The monoisotopic (exact) mass is 344 g/mol. The molecule has 0 aromatic heterocycles. The average Bonchev–Trinajstić information content (AvgIpc) is 2.57. The zero-order valence-electron chi connectivity index (χ0n) is 11.0. The lowest BCUT2D eigenvalue weighted by Crippen LogP contribution is -2.25. The molecule has 104 valence electrons. The summed E-state index contributed by atoms with van der Waals surface area (Å²) in [6.07, 6.45) is 3.42. The van der Waals surface area contributed by atoms with Crippen molar-refractivity contribution in [1.82, 2.24) is 0 Å². The van der Waals surface area contributed by atoms with E-state index in [0.29, 0.717) is 21.6 Å². The predicted molar refractivity (Wildman–Crippen MR) is 85.2 cm³/mol. The number of nitrogens with zero attached hydrogens (tertiary/aromatic N) is 1. The summed E-state index contributed by atoms with van der Waals surface area (Å²) in [6, 6.07) is 3.57. The molecule has 1 aliphatic heterocycles.